The van der Waals surface area contributed by atoms with Gasteiger partial charge in [-0.25, -0.2) is 4.99 Å². The van der Waals surface area contributed by atoms with Crippen LogP contribution in [0.25, 0.3) is 0 Å². The Morgan fingerprint density at radius 3 is 2.83 bits per heavy atom. The largest absolute Gasteiger partial charge is 0.465 e. The van der Waals surface area contributed by atoms with Crippen LogP contribution in [0.15, 0.2) is 53.5 Å². The number of nitrogens with zero attached hydrogens (tertiary/aromatic N) is 1. The molecule has 0 unspecified atom stereocenters. The Bertz CT molecular complexity index is 765. The van der Waals surface area contributed by atoms with Gasteiger partial charge in [0.2, 0.25) is 0 Å². The molecule has 3 nitrogen and oxygen atoms in total. The second-order valence-electron chi connectivity index (χ2n) is 5.08. The summed E-state index contributed by atoms with van der Waals surface area (Å²) < 4.78 is 5.86. The minimum atomic E-state index is -0.219. The topological polar surface area (TPSA) is 38.7 Å². The molecule has 0 aliphatic carbocycles. The Morgan fingerprint density at radius 2 is 2.08 bits per heavy atom. The lowest BCUT2D eigenvalue weighted by Crippen LogP contribution is -2.10. The molecule has 0 saturated carbocycles. The molecule has 3 rings (SSSR count). The van der Waals surface area contributed by atoms with Crippen LogP contribution in [0.4, 0.5) is 5.69 Å². The van der Waals surface area contributed by atoms with Crippen LogP contribution in [-0.4, -0.2) is 22.7 Å². The number of ether oxygens (including phenoxy) is 1. The Balaban J connectivity index is 1.88. The molecule has 1 heterocycles. The maximum Gasteiger partial charge on any atom is 0.316 e. The van der Waals surface area contributed by atoms with Crippen molar-refractivity contribution in [2.45, 2.75) is 12.2 Å². The lowest BCUT2D eigenvalue weighted by molar-refractivity contribution is -0.139. The summed E-state index contributed by atoms with van der Waals surface area (Å²) in [4.78, 5) is 16.3. The van der Waals surface area contributed by atoms with E-state index in [1.54, 1.807) is 18.7 Å². The molecule has 1 aliphatic heterocycles. The Morgan fingerprint density at radius 1 is 1.29 bits per heavy atom. The number of aliphatic imine (C=N–C) groups is 1. The second-order valence-corrected chi connectivity index (χ2v) is 7.84. The van der Waals surface area contributed by atoms with E-state index in [4.69, 9.17) is 16.3 Å². The quantitative estimate of drug-likeness (QED) is 0.663. The van der Waals surface area contributed by atoms with Crippen molar-refractivity contribution in [2.24, 2.45) is 4.99 Å². The van der Waals surface area contributed by atoms with Gasteiger partial charge in [-0.15, -0.1) is 0 Å². The van der Waals surface area contributed by atoms with Gasteiger partial charge in [-0.2, -0.15) is 0 Å². The average Bonchev–Trinajstić information content (AvgIpc) is 2.60. The van der Waals surface area contributed by atoms with Gasteiger partial charge < -0.3 is 4.74 Å². The summed E-state index contributed by atoms with van der Waals surface area (Å²) in [5.41, 5.74) is 3.19. The molecule has 1 atom stereocenters. The summed E-state index contributed by atoms with van der Waals surface area (Å²) in [6.07, 6.45) is 0. The molecule has 0 radical (unpaired) electrons. The number of carbonyl (C=O) groups is 1. The first kappa shape index (κ1) is 17.4. The lowest BCUT2D eigenvalue weighted by atomic mass is 10.0. The fraction of sp³-hybridized carbons (Fsp3) is 0.222. The highest BCUT2D eigenvalue weighted by atomic mass is 35.5. The fourth-order valence-electron chi connectivity index (χ4n) is 2.39. The van der Waals surface area contributed by atoms with Crippen molar-refractivity contribution in [3.8, 4) is 0 Å². The second kappa shape index (κ2) is 8.10. The lowest BCUT2D eigenvalue weighted by Gasteiger charge is -2.24. The predicted molar refractivity (Wildman–Crippen MR) is 104 cm³/mol. The van der Waals surface area contributed by atoms with Gasteiger partial charge in [0.05, 0.1) is 23.3 Å². The van der Waals surface area contributed by atoms with Crippen LogP contribution in [0.5, 0.6) is 0 Å². The summed E-state index contributed by atoms with van der Waals surface area (Å²) in [5.74, 6) is 0.0494. The molecule has 0 aromatic heterocycles. The van der Waals surface area contributed by atoms with Gasteiger partial charge in [-0.1, -0.05) is 65.5 Å². The van der Waals surface area contributed by atoms with E-state index in [9.17, 15) is 4.79 Å². The zero-order valence-corrected chi connectivity index (χ0v) is 15.5. The molecule has 24 heavy (non-hydrogen) atoms. The molecule has 0 amide bonds. The van der Waals surface area contributed by atoms with E-state index < -0.39 is 0 Å². The van der Waals surface area contributed by atoms with E-state index in [-0.39, 0.29) is 17.0 Å². The summed E-state index contributed by atoms with van der Waals surface area (Å²) in [7, 11) is 0. The fourth-order valence-corrected chi connectivity index (χ4v) is 4.76. The number of esters is 1. The SMILES string of the molecule is CCOC(=O)CSC1=Nc2ccc(Cl)cc2[C@H](c2ccccc2)S1. The van der Waals surface area contributed by atoms with Gasteiger partial charge in [-0.3, -0.25) is 4.79 Å². The monoisotopic (exact) mass is 377 g/mol. The molecule has 6 heteroatoms. The maximum absolute atomic E-state index is 11.6. The normalized spacial score (nSPS) is 16.2. The van der Waals surface area contributed by atoms with Crippen LogP contribution in [0.1, 0.15) is 23.3 Å². The Kier molecular flexibility index (Phi) is 5.87. The van der Waals surface area contributed by atoms with Crippen molar-refractivity contribution in [3.63, 3.8) is 0 Å². The predicted octanol–water partition coefficient (Wildman–Crippen LogP) is 5.46. The molecule has 0 saturated heterocycles. The van der Waals surface area contributed by atoms with E-state index >= 15 is 0 Å². The molecule has 0 fully saturated rings. The maximum atomic E-state index is 11.6. The average molecular weight is 378 g/mol. The summed E-state index contributed by atoms with van der Waals surface area (Å²) >= 11 is 9.24. The third-order valence-electron chi connectivity index (χ3n) is 3.42. The summed E-state index contributed by atoms with van der Waals surface area (Å²) in [6.45, 7) is 2.20. The van der Waals surface area contributed by atoms with Crippen molar-refractivity contribution < 1.29 is 9.53 Å². The molecule has 0 bridgehead atoms. The molecule has 1 aliphatic rings. The van der Waals surface area contributed by atoms with Crippen molar-refractivity contribution in [2.75, 3.05) is 12.4 Å². The van der Waals surface area contributed by atoms with Crippen LogP contribution in [0, 0.1) is 0 Å². The van der Waals surface area contributed by atoms with Gasteiger partial charge >= 0.3 is 5.97 Å². The third-order valence-corrected chi connectivity index (χ3v) is 6.07. The summed E-state index contributed by atoms with van der Waals surface area (Å²) in [5, 5.41) is 0.815. The van der Waals surface area contributed by atoms with Crippen molar-refractivity contribution in [3.05, 3.63) is 64.7 Å². The minimum Gasteiger partial charge on any atom is -0.465 e. The standard InChI is InChI=1S/C18H16ClNO2S2/c1-2-22-16(21)11-23-18-20-15-9-8-13(19)10-14(15)17(24-18)12-6-4-3-5-7-12/h3-10,17H,2,11H2,1H3/t17-/m0/s1. The summed E-state index contributed by atoms with van der Waals surface area (Å²) in [6, 6.07) is 16.0. The van der Waals surface area contributed by atoms with E-state index in [1.807, 2.05) is 36.4 Å². The van der Waals surface area contributed by atoms with Gasteiger partial charge in [0, 0.05) is 5.02 Å². The zero-order chi connectivity index (χ0) is 16.9. The van der Waals surface area contributed by atoms with Gasteiger partial charge in [-0.05, 0) is 36.2 Å². The number of fused-ring (bicyclic) bond motifs is 1. The van der Waals surface area contributed by atoms with Gasteiger partial charge in [0.15, 0.2) is 0 Å². The van der Waals surface area contributed by atoms with E-state index in [0.29, 0.717) is 11.6 Å². The molecular formula is C18H16ClNO2S2. The molecular weight excluding hydrogens is 362 g/mol. The first-order chi connectivity index (χ1) is 11.7. The van der Waals surface area contributed by atoms with Crippen molar-refractivity contribution in [1.29, 1.82) is 0 Å². The molecule has 0 spiro atoms. The highest BCUT2D eigenvalue weighted by Gasteiger charge is 2.26. The molecule has 2 aromatic carbocycles. The highest BCUT2D eigenvalue weighted by Crippen LogP contribution is 2.47. The Hall–Kier alpha value is -1.43. The first-order valence-corrected chi connectivity index (χ1v) is 9.80. The number of hydrogen-bond acceptors (Lipinski definition) is 5. The van der Waals surface area contributed by atoms with E-state index in [2.05, 4.69) is 17.1 Å². The van der Waals surface area contributed by atoms with Crippen LogP contribution in [0.2, 0.25) is 5.02 Å². The first-order valence-electron chi connectivity index (χ1n) is 7.55. The van der Waals surface area contributed by atoms with Gasteiger partial charge in [0.25, 0.3) is 0 Å². The van der Waals surface area contributed by atoms with E-state index in [1.165, 1.54) is 17.3 Å². The number of carbonyl (C=O) groups excluding carboxylic acids is 1. The Labute approximate surface area is 154 Å². The highest BCUT2D eigenvalue weighted by molar-refractivity contribution is 8.39. The molecule has 124 valence electrons. The number of hydrogen-bond donors (Lipinski definition) is 0. The van der Waals surface area contributed by atoms with Crippen LogP contribution < -0.4 is 0 Å². The molecule has 2 aromatic rings. The number of thioether (sulfide) groups is 2. The van der Waals surface area contributed by atoms with Crippen LogP contribution in [-0.2, 0) is 9.53 Å². The minimum absolute atomic E-state index is 0.113. The van der Waals surface area contributed by atoms with E-state index in [0.717, 1.165) is 15.6 Å². The number of benzene rings is 2. The number of rotatable bonds is 4. The number of halogens is 1. The van der Waals surface area contributed by atoms with Crippen molar-refractivity contribution >= 4 is 51.2 Å². The zero-order valence-electron chi connectivity index (χ0n) is 13.1. The van der Waals surface area contributed by atoms with Crippen LogP contribution >= 0.6 is 35.1 Å². The van der Waals surface area contributed by atoms with Crippen molar-refractivity contribution in [1.82, 2.24) is 0 Å². The molecule has 0 N–H and O–H groups in total. The smallest absolute Gasteiger partial charge is 0.316 e. The van der Waals surface area contributed by atoms with Gasteiger partial charge in [0.1, 0.15) is 4.38 Å². The third kappa shape index (κ3) is 4.15. The van der Waals surface area contributed by atoms with Crippen LogP contribution in [0.3, 0.4) is 0 Å².